The van der Waals surface area contributed by atoms with Crippen LogP contribution in [-0.4, -0.2) is 26.4 Å². The summed E-state index contributed by atoms with van der Waals surface area (Å²) in [5, 5.41) is 6.04. The lowest BCUT2D eigenvalue weighted by Gasteiger charge is -2.26. The van der Waals surface area contributed by atoms with Crippen molar-refractivity contribution in [3.63, 3.8) is 0 Å². The van der Waals surface area contributed by atoms with Crippen LogP contribution in [0.3, 0.4) is 0 Å². The van der Waals surface area contributed by atoms with Gasteiger partial charge < -0.3 is 14.5 Å². The van der Waals surface area contributed by atoms with Crippen molar-refractivity contribution >= 4 is 38.0 Å². The van der Waals surface area contributed by atoms with E-state index >= 15 is 0 Å². The van der Waals surface area contributed by atoms with Crippen LogP contribution >= 0.6 is 11.3 Å². The molecule has 2 aromatic heterocycles. The lowest BCUT2D eigenvalue weighted by Crippen LogP contribution is -2.35. The van der Waals surface area contributed by atoms with E-state index in [0.29, 0.717) is 36.7 Å². The number of fused-ring (bicyclic) bond motifs is 2. The third-order valence-electron chi connectivity index (χ3n) is 5.76. The molecule has 2 aromatic carbocycles. The van der Waals surface area contributed by atoms with Crippen LogP contribution in [0.4, 0.5) is 5.69 Å². The van der Waals surface area contributed by atoms with Gasteiger partial charge in [-0.3, -0.25) is 0 Å². The van der Waals surface area contributed by atoms with Crippen LogP contribution in [0.1, 0.15) is 16.0 Å². The van der Waals surface area contributed by atoms with Crippen molar-refractivity contribution in [3.05, 3.63) is 86.4 Å². The van der Waals surface area contributed by atoms with Gasteiger partial charge in [0.15, 0.2) is 0 Å². The smallest absolute Gasteiger partial charge is 0.336 e. The van der Waals surface area contributed by atoms with E-state index in [-0.39, 0.29) is 4.90 Å². The maximum Gasteiger partial charge on any atom is 0.336 e. The Morgan fingerprint density at radius 3 is 2.88 bits per heavy atom. The molecule has 4 aromatic rings. The largest absolute Gasteiger partial charge is 0.497 e. The lowest BCUT2D eigenvalue weighted by atomic mass is 10.1. The molecule has 0 atom stereocenters. The Kier molecular flexibility index (Phi) is 5.69. The number of benzene rings is 2. The van der Waals surface area contributed by atoms with E-state index in [2.05, 4.69) is 5.32 Å². The van der Waals surface area contributed by atoms with Gasteiger partial charge in [0.05, 0.1) is 12.0 Å². The highest BCUT2D eigenvalue weighted by Crippen LogP contribution is 2.29. The van der Waals surface area contributed by atoms with Crippen LogP contribution < -0.4 is 15.7 Å². The zero-order valence-electron chi connectivity index (χ0n) is 17.9. The van der Waals surface area contributed by atoms with Crippen molar-refractivity contribution < 1.29 is 17.6 Å². The highest BCUT2D eigenvalue weighted by Gasteiger charge is 2.29. The number of hydrogen-bond donors (Lipinski definition) is 1. The maximum atomic E-state index is 13.3. The van der Waals surface area contributed by atoms with Gasteiger partial charge >= 0.3 is 5.63 Å². The third-order valence-corrected chi connectivity index (χ3v) is 8.63. The van der Waals surface area contributed by atoms with Crippen molar-refractivity contribution in [1.29, 1.82) is 0 Å². The highest BCUT2D eigenvalue weighted by atomic mass is 32.2. The Morgan fingerprint density at radius 1 is 1.15 bits per heavy atom. The predicted molar refractivity (Wildman–Crippen MR) is 128 cm³/mol. The van der Waals surface area contributed by atoms with Crippen LogP contribution in [0.2, 0.25) is 0 Å². The fourth-order valence-electron chi connectivity index (χ4n) is 4.02. The van der Waals surface area contributed by atoms with Gasteiger partial charge in [0, 0.05) is 47.7 Å². The maximum absolute atomic E-state index is 13.3. The minimum atomic E-state index is -3.62. The van der Waals surface area contributed by atoms with Gasteiger partial charge in [-0.25, -0.2) is 13.2 Å². The van der Waals surface area contributed by atoms with Crippen molar-refractivity contribution in [1.82, 2.24) is 4.31 Å². The summed E-state index contributed by atoms with van der Waals surface area (Å²) in [6.07, 6.45) is 0.735. The standard InChI is InChI=1S/C24H22N2O5S2/c1-30-19-5-6-21-17(11-24(27)31-22(21)13-19)14-25-18-3-2-4-20(12-18)33(28,29)26-9-7-23-16(15-26)8-10-32-23/h2-6,8,10-13,25H,7,9,14-15H2,1H3. The molecule has 3 heterocycles. The number of hydrogen-bond acceptors (Lipinski definition) is 7. The second-order valence-corrected chi connectivity index (χ2v) is 10.7. The minimum Gasteiger partial charge on any atom is -0.497 e. The zero-order valence-corrected chi connectivity index (χ0v) is 19.5. The molecular weight excluding hydrogens is 460 g/mol. The summed E-state index contributed by atoms with van der Waals surface area (Å²) in [5.41, 5.74) is 2.46. The third kappa shape index (κ3) is 4.27. The Labute approximate surface area is 195 Å². The average Bonchev–Trinajstić information content (AvgIpc) is 3.30. The highest BCUT2D eigenvalue weighted by molar-refractivity contribution is 7.89. The number of thiophene rings is 1. The Morgan fingerprint density at radius 2 is 2.03 bits per heavy atom. The summed E-state index contributed by atoms with van der Waals surface area (Å²) in [6, 6.07) is 15.5. The van der Waals surface area contributed by atoms with Crippen molar-refractivity contribution in [3.8, 4) is 5.75 Å². The molecule has 7 nitrogen and oxygen atoms in total. The fourth-order valence-corrected chi connectivity index (χ4v) is 6.38. The monoisotopic (exact) mass is 482 g/mol. The van der Waals surface area contributed by atoms with E-state index in [9.17, 15) is 13.2 Å². The van der Waals surface area contributed by atoms with E-state index in [1.54, 1.807) is 48.8 Å². The molecule has 0 radical (unpaired) electrons. The van der Waals surface area contributed by atoms with E-state index in [1.807, 2.05) is 23.6 Å². The molecular formula is C24H22N2O5S2. The number of nitrogens with zero attached hydrogens (tertiary/aromatic N) is 1. The molecule has 1 aliphatic rings. The first-order chi connectivity index (χ1) is 15.9. The van der Waals surface area contributed by atoms with Crippen LogP contribution in [-0.2, 0) is 29.5 Å². The molecule has 170 valence electrons. The summed E-state index contributed by atoms with van der Waals surface area (Å²) in [5.74, 6) is 0.598. The van der Waals surface area contributed by atoms with Crippen molar-refractivity contribution in [2.45, 2.75) is 24.4 Å². The van der Waals surface area contributed by atoms with Crippen LogP contribution in [0.5, 0.6) is 5.75 Å². The molecule has 9 heteroatoms. The first-order valence-corrected chi connectivity index (χ1v) is 12.8. The molecule has 0 saturated carbocycles. The Balaban J connectivity index is 1.38. The van der Waals surface area contributed by atoms with Crippen LogP contribution in [0.25, 0.3) is 11.0 Å². The molecule has 0 saturated heterocycles. The Hall–Kier alpha value is -3.14. The molecule has 0 fully saturated rings. The van der Waals surface area contributed by atoms with Crippen molar-refractivity contribution in [2.24, 2.45) is 0 Å². The summed E-state index contributed by atoms with van der Waals surface area (Å²) in [7, 11) is -2.07. The molecule has 33 heavy (non-hydrogen) atoms. The molecule has 0 unspecified atom stereocenters. The molecule has 0 spiro atoms. The Bertz CT molecular complexity index is 1490. The summed E-state index contributed by atoms with van der Waals surface area (Å²) < 4.78 is 38.6. The number of rotatable bonds is 6. The molecule has 5 rings (SSSR count). The van der Waals surface area contributed by atoms with Crippen molar-refractivity contribution in [2.75, 3.05) is 19.0 Å². The number of nitrogens with one attached hydrogen (secondary N) is 1. The molecule has 0 bridgehead atoms. The molecule has 0 amide bonds. The number of methoxy groups -OCH3 is 1. The van der Waals surface area contributed by atoms with Crippen LogP contribution in [0, 0.1) is 0 Å². The van der Waals surface area contributed by atoms with E-state index < -0.39 is 15.6 Å². The van der Waals surface area contributed by atoms with Gasteiger partial charge in [-0.15, -0.1) is 11.3 Å². The van der Waals surface area contributed by atoms with E-state index in [1.165, 1.54) is 15.2 Å². The second kappa shape index (κ2) is 8.66. The van der Waals surface area contributed by atoms with E-state index in [0.717, 1.165) is 22.9 Å². The molecule has 1 N–H and O–H groups in total. The van der Waals surface area contributed by atoms with Gasteiger partial charge in [0.1, 0.15) is 11.3 Å². The second-order valence-electron chi connectivity index (χ2n) is 7.79. The fraction of sp³-hybridized carbons (Fsp3) is 0.208. The number of anilines is 1. The van der Waals surface area contributed by atoms with E-state index in [4.69, 9.17) is 9.15 Å². The van der Waals surface area contributed by atoms with Gasteiger partial charge in [-0.1, -0.05) is 6.07 Å². The predicted octanol–water partition coefficient (Wildman–Crippen LogP) is 4.22. The summed E-state index contributed by atoms with van der Waals surface area (Å²) in [6.45, 7) is 1.21. The van der Waals surface area contributed by atoms with Gasteiger partial charge in [0.25, 0.3) is 0 Å². The zero-order chi connectivity index (χ0) is 23.0. The minimum absolute atomic E-state index is 0.244. The normalized spacial score (nSPS) is 14.2. The average molecular weight is 483 g/mol. The first kappa shape index (κ1) is 21.7. The number of sulfonamides is 1. The summed E-state index contributed by atoms with van der Waals surface area (Å²) >= 11 is 1.68. The molecule has 0 aliphatic carbocycles. The number of ether oxygens (including phenoxy) is 1. The van der Waals surface area contributed by atoms with Gasteiger partial charge in [-0.05, 0) is 59.3 Å². The van der Waals surface area contributed by atoms with Gasteiger partial charge in [-0.2, -0.15) is 4.31 Å². The first-order valence-electron chi connectivity index (χ1n) is 10.4. The van der Waals surface area contributed by atoms with Crippen LogP contribution in [0.15, 0.2) is 74.1 Å². The molecule has 1 aliphatic heterocycles. The topological polar surface area (TPSA) is 88.9 Å². The quantitative estimate of drug-likeness (QED) is 0.414. The summed E-state index contributed by atoms with van der Waals surface area (Å²) in [4.78, 5) is 13.5. The SMILES string of the molecule is COc1ccc2c(CNc3cccc(S(=O)(=O)N4CCc5sccc5C4)c3)cc(=O)oc2c1. The van der Waals surface area contributed by atoms with Gasteiger partial charge in [0.2, 0.25) is 10.0 Å². The lowest BCUT2D eigenvalue weighted by molar-refractivity contribution is 0.394.